The van der Waals surface area contributed by atoms with Gasteiger partial charge in [-0.1, -0.05) is 133 Å². The Hall–Kier alpha value is -6.00. The summed E-state index contributed by atoms with van der Waals surface area (Å²) in [6.45, 7) is 4.50. The summed E-state index contributed by atoms with van der Waals surface area (Å²) in [6.07, 6.45) is 8.71. The zero-order valence-electron chi connectivity index (χ0n) is 25.3. The first-order valence-corrected chi connectivity index (χ1v) is 15.6. The predicted octanol–water partition coefficient (Wildman–Crippen LogP) is 7.84. The van der Waals surface area contributed by atoms with Crippen LogP contribution in [-0.4, -0.2) is 22.0 Å². The van der Waals surface area contributed by atoms with Gasteiger partial charge in [-0.3, -0.25) is 9.36 Å². The van der Waals surface area contributed by atoms with Gasteiger partial charge >= 0.3 is 0 Å². The molecule has 0 amide bonds. The van der Waals surface area contributed by atoms with E-state index in [9.17, 15) is 0 Å². The van der Waals surface area contributed by atoms with E-state index in [0.29, 0.717) is 24.4 Å². The highest BCUT2D eigenvalue weighted by molar-refractivity contribution is 6.22. The summed E-state index contributed by atoms with van der Waals surface area (Å²) in [6, 6.07) is 41.7. The Morgan fingerprint density at radius 3 is 1.57 bits per heavy atom. The minimum atomic E-state index is -0.0628. The fourth-order valence-corrected chi connectivity index (χ4v) is 6.80. The maximum atomic E-state index is 15.0. The number of fused-ring (bicyclic) bond motifs is 5. The van der Waals surface area contributed by atoms with E-state index in [0.717, 1.165) is 66.5 Å². The highest BCUT2D eigenvalue weighted by Gasteiger charge is 2.39. The van der Waals surface area contributed by atoms with Gasteiger partial charge in [0.2, 0.25) is 0 Å². The Labute approximate surface area is 268 Å². The molecule has 6 aromatic rings. The third-order valence-corrected chi connectivity index (χ3v) is 8.76. The van der Waals surface area contributed by atoms with Crippen molar-refractivity contribution in [2.24, 2.45) is 0 Å². The lowest BCUT2D eigenvalue weighted by molar-refractivity contribution is 0.0967. The molecule has 8 rings (SSSR count). The molecule has 46 heavy (non-hydrogen) atoms. The first-order chi connectivity index (χ1) is 22.7. The average molecular weight is 594 g/mol. The van der Waals surface area contributed by atoms with Gasteiger partial charge in [0.05, 0.1) is 16.3 Å². The molecule has 0 radical (unpaired) electrons. The van der Waals surface area contributed by atoms with E-state index < -0.39 is 0 Å². The lowest BCUT2D eigenvalue weighted by Crippen LogP contribution is -2.32. The van der Waals surface area contributed by atoms with Gasteiger partial charge in [0.25, 0.3) is 5.91 Å². The van der Waals surface area contributed by atoms with E-state index >= 15 is 4.79 Å². The number of benzene rings is 5. The number of nitrogens with one attached hydrogen (secondary N) is 1. The lowest BCUT2D eigenvalue weighted by atomic mass is 9.77. The van der Waals surface area contributed by atoms with E-state index in [2.05, 4.69) is 109 Å². The number of nitrogens with zero attached hydrogens (tertiary/aromatic N) is 2. The summed E-state index contributed by atoms with van der Waals surface area (Å²) in [4.78, 5) is 20.3. The molecule has 1 aliphatic carbocycles. The minimum Gasteiger partial charge on any atom is -0.385 e. The molecule has 0 saturated carbocycles. The number of rotatable bonds is 7. The van der Waals surface area contributed by atoms with Crippen LogP contribution in [0.1, 0.15) is 16.8 Å². The van der Waals surface area contributed by atoms with Crippen LogP contribution < -0.4 is 16.0 Å². The van der Waals surface area contributed by atoms with E-state index in [1.54, 1.807) is 0 Å². The van der Waals surface area contributed by atoms with E-state index in [1.807, 2.05) is 53.1 Å². The topological polar surface area (TPSA) is 46.9 Å². The van der Waals surface area contributed by atoms with Crippen LogP contribution in [0.5, 0.6) is 0 Å². The van der Waals surface area contributed by atoms with E-state index in [4.69, 9.17) is 4.98 Å². The summed E-state index contributed by atoms with van der Waals surface area (Å²) in [5, 5.41) is 5.02. The first kappa shape index (κ1) is 27.5. The van der Waals surface area contributed by atoms with Crippen LogP contribution in [0.15, 0.2) is 146 Å². The van der Waals surface area contributed by atoms with E-state index in [-0.39, 0.29) is 5.91 Å². The normalized spacial score (nSPS) is 13.0. The third-order valence-electron chi connectivity index (χ3n) is 8.76. The van der Waals surface area contributed by atoms with E-state index in [1.165, 1.54) is 0 Å². The summed E-state index contributed by atoms with van der Waals surface area (Å²) in [5.41, 5.74) is 10.8. The second-order valence-corrected chi connectivity index (χ2v) is 11.5. The van der Waals surface area contributed by atoms with Crippen molar-refractivity contribution in [1.29, 1.82) is 0 Å². The first-order valence-electron chi connectivity index (χ1n) is 15.6. The SMILES string of the molecule is C=CCNC1=CC=c2c(nc3n2C(=O)c2c(-c4ccccc4)c(-c4ccccc4)c(-c4ccccc4)c(-c4ccccc4)c2-3)=CC1. The average Bonchev–Trinajstić information content (AvgIpc) is 3.54. The largest absolute Gasteiger partial charge is 0.385 e. The molecule has 0 unspecified atom stereocenters. The molecule has 220 valence electrons. The fraction of sp³-hybridized carbons (Fsp3) is 0.0476. The Morgan fingerprint density at radius 1 is 0.630 bits per heavy atom. The molecule has 0 bridgehead atoms. The van der Waals surface area contributed by atoms with Crippen molar-refractivity contribution >= 4 is 18.1 Å². The van der Waals surface area contributed by atoms with Crippen LogP contribution in [0.3, 0.4) is 0 Å². The zero-order chi connectivity index (χ0) is 31.0. The molecule has 2 heterocycles. The van der Waals surface area contributed by atoms with Gasteiger partial charge in [0.15, 0.2) is 0 Å². The predicted molar refractivity (Wildman–Crippen MR) is 188 cm³/mol. The number of carbonyl (C=O) groups is 1. The van der Waals surface area contributed by atoms with Crippen molar-refractivity contribution in [1.82, 2.24) is 14.9 Å². The molecule has 5 aromatic carbocycles. The monoisotopic (exact) mass is 593 g/mol. The van der Waals surface area contributed by atoms with Crippen molar-refractivity contribution in [3.05, 3.63) is 162 Å². The molecule has 0 atom stereocenters. The number of carbonyl (C=O) groups excluding carboxylic acids is 1. The van der Waals surface area contributed by atoms with Gasteiger partial charge in [-0.15, -0.1) is 6.58 Å². The second kappa shape index (κ2) is 11.5. The van der Waals surface area contributed by atoms with Crippen molar-refractivity contribution < 1.29 is 4.79 Å². The molecule has 0 fully saturated rings. The molecule has 4 nitrogen and oxygen atoms in total. The maximum Gasteiger partial charge on any atom is 0.265 e. The van der Waals surface area contributed by atoms with Gasteiger partial charge < -0.3 is 5.32 Å². The maximum absolute atomic E-state index is 15.0. The van der Waals surface area contributed by atoms with Crippen LogP contribution in [0.25, 0.3) is 68.0 Å². The van der Waals surface area contributed by atoms with Crippen LogP contribution >= 0.6 is 0 Å². The highest BCUT2D eigenvalue weighted by atomic mass is 16.2. The molecule has 0 spiro atoms. The lowest BCUT2D eigenvalue weighted by Gasteiger charge is -2.24. The number of imidazole rings is 1. The summed E-state index contributed by atoms with van der Waals surface area (Å²) in [7, 11) is 0. The quantitative estimate of drug-likeness (QED) is 0.192. The van der Waals surface area contributed by atoms with Crippen LogP contribution in [-0.2, 0) is 0 Å². The van der Waals surface area contributed by atoms with Gasteiger partial charge in [0.1, 0.15) is 5.82 Å². The Morgan fingerprint density at radius 2 is 1.09 bits per heavy atom. The Kier molecular flexibility index (Phi) is 6.88. The molecular formula is C42H31N3O. The summed E-state index contributed by atoms with van der Waals surface area (Å²) < 4.78 is 1.83. The molecular weight excluding hydrogens is 562 g/mol. The molecule has 0 saturated heterocycles. The zero-order valence-corrected chi connectivity index (χ0v) is 25.3. The van der Waals surface area contributed by atoms with Gasteiger partial charge in [0, 0.05) is 35.4 Å². The summed E-state index contributed by atoms with van der Waals surface area (Å²) >= 11 is 0. The van der Waals surface area contributed by atoms with Gasteiger partial charge in [-0.05, 0) is 45.5 Å². The molecule has 1 aliphatic heterocycles. The molecule has 1 N–H and O–H groups in total. The number of allylic oxidation sites excluding steroid dienone is 2. The summed E-state index contributed by atoms with van der Waals surface area (Å²) in [5.74, 6) is 0.619. The smallest absolute Gasteiger partial charge is 0.265 e. The van der Waals surface area contributed by atoms with Crippen LogP contribution in [0.2, 0.25) is 0 Å². The van der Waals surface area contributed by atoms with Crippen molar-refractivity contribution in [2.45, 2.75) is 6.42 Å². The van der Waals surface area contributed by atoms with Crippen LogP contribution in [0.4, 0.5) is 0 Å². The second-order valence-electron chi connectivity index (χ2n) is 11.5. The van der Waals surface area contributed by atoms with Gasteiger partial charge in [-0.2, -0.15) is 0 Å². The highest BCUT2D eigenvalue weighted by Crippen LogP contribution is 2.54. The van der Waals surface area contributed by atoms with Gasteiger partial charge in [-0.25, -0.2) is 4.98 Å². The number of aromatic nitrogens is 2. The standard InChI is InChI=1S/C42H31N3O/c1-2-27-43-32-23-25-33-34(26-24-32)45-41(44-33)39-37(30-19-11-5-12-20-30)35(28-15-7-3-8-16-28)36(29-17-9-4-10-18-29)38(40(39)42(45)46)31-21-13-6-14-22-31/h2-22,24-26,43H,1,23,27H2. The minimum absolute atomic E-state index is 0.0628. The molecule has 1 aromatic heterocycles. The molecule has 4 heteroatoms. The van der Waals surface area contributed by atoms with Crippen molar-refractivity contribution in [3.63, 3.8) is 0 Å². The van der Waals surface area contributed by atoms with Crippen molar-refractivity contribution in [3.8, 4) is 55.9 Å². The third kappa shape index (κ3) is 4.46. The number of hydrogen-bond acceptors (Lipinski definition) is 3. The number of hydrogen-bond donors (Lipinski definition) is 1. The molecule has 2 aliphatic rings. The Balaban J connectivity index is 1.57. The Bertz CT molecular complexity index is 2280. The van der Waals surface area contributed by atoms with Crippen LogP contribution in [0, 0.1) is 0 Å². The fourth-order valence-electron chi connectivity index (χ4n) is 6.80. The van der Waals surface area contributed by atoms with Crippen molar-refractivity contribution in [2.75, 3.05) is 6.54 Å².